The number of hydrogen-bond acceptors (Lipinski definition) is 5. The number of hydrogen-bond donors (Lipinski definition) is 1. The standard InChI is InChI=1S/C28H25N3O3S/c1-34-17-9-16-31-27(33)21-13-6-8-15-24(21)30-28(31)35-26(19-10-3-2-4-11-19)25(32)22-18-29-23-14-7-5-12-20(22)23/h2-8,10-15,18,26,29H,9,16-17H2,1H3. The fourth-order valence-electron chi connectivity index (χ4n) is 4.22. The Labute approximate surface area is 207 Å². The molecule has 5 aromatic rings. The monoisotopic (exact) mass is 483 g/mol. The van der Waals surface area contributed by atoms with E-state index in [0.717, 1.165) is 16.5 Å². The van der Waals surface area contributed by atoms with E-state index in [1.54, 1.807) is 23.9 Å². The summed E-state index contributed by atoms with van der Waals surface area (Å²) in [6.45, 7) is 0.982. The van der Waals surface area contributed by atoms with Gasteiger partial charge in [-0.05, 0) is 30.2 Å². The van der Waals surface area contributed by atoms with Gasteiger partial charge in [0.25, 0.3) is 5.56 Å². The maximum atomic E-state index is 14.0. The van der Waals surface area contributed by atoms with Gasteiger partial charge in [0.15, 0.2) is 10.9 Å². The third-order valence-electron chi connectivity index (χ3n) is 5.98. The number of fused-ring (bicyclic) bond motifs is 2. The summed E-state index contributed by atoms with van der Waals surface area (Å²) in [6, 6.07) is 24.7. The number of aromatic amines is 1. The molecule has 2 heterocycles. The molecule has 0 bridgehead atoms. The molecule has 0 saturated heterocycles. The number of thioether (sulfide) groups is 1. The predicted molar refractivity (Wildman–Crippen MR) is 140 cm³/mol. The number of para-hydroxylation sites is 2. The first kappa shape index (κ1) is 23.1. The molecule has 0 saturated carbocycles. The van der Waals surface area contributed by atoms with E-state index < -0.39 is 5.25 Å². The highest BCUT2D eigenvalue weighted by Crippen LogP contribution is 2.38. The molecule has 3 aromatic carbocycles. The van der Waals surface area contributed by atoms with Crippen LogP contribution in [0.2, 0.25) is 0 Å². The van der Waals surface area contributed by atoms with E-state index >= 15 is 0 Å². The highest BCUT2D eigenvalue weighted by molar-refractivity contribution is 8.00. The summed E-state index contributed by atoms with van der Waals surface area (Å²) >= 11 is 1.32. The highest BCUT2D eigenvalue weighted by atomic mass is 32.2. The van der Waals surface area contributed by atoms with Crippen molar-refractivity contribution in [2.24, 2.45) is 0 Å². The zero-order valence-corrected chi connectivity index (χ0v) is 20.1. The van der Waals surface area contributed by atoms with E-state index in [1.165, 1.54) is 11.8 Å². The van der Waals surface area contributed by atoms with Gasteiger partial charge in [0.2, 0.25) is 0 Å². The van der Waals surface area contributed by atoms with Crippen molar-refractivity contribution in [2.75, 3.05) is 13.7 Å². The Morgan fingerprint density at radius 2 is 1.71 bits per heavy atom. The van der Waals surface area contributed by atoms with Crippen LogP contribution in [0.3, 0.4) is 0 Å². The van der Waals surface area contributed by atoms with Crippen LogP contribution in [-0.2, 0) is 11.3 Å². The Kier molecular flexibility index (Phi) is 6.79. The number of methoxy groups -OCH3 is 1. The minimum absolute atomic E-state index is 0.0375. The van der Waals surface area contributed by atoms with E-state index in [9.17, 15) is 9.59 Å². The first-order valence-corrected chi connectivity index (χ1v) is 12.4. The molecule has 35 heavy (non-hydrogen) atoms. The second-order valence-electron chi connectivity index (χ2n) is 8.24. The van der Waals surface area contributed by atoms with Gasteiger partial charge in [-0.15, -0.1) is 0 Å². The Hall–Kier alpha value is -3.68. The number of ketones is 1. The fraction of sp³-hybridized carbons (Fsp3) is 0.179. The van der Waals surface area contributed by atoms with Crippen LogP contribution in [-0.4, -0.2) is 34.0 Å². The van der Waals surface area contributed by atoms with E-state index in [0.29, 0.717) is 41.2 Å². The van der Waals surface area contributed by atoms with Crippen molar-refractivity contribution >= 4 is 39.4 Å². The quantitative estimate of drug-likeness (QED) is 0.127. The van der Waals surface area contributed by atoms with Crippen molar-refractivity contribution in [3.63, 3.8) is 0 Å². The number of benzene rings is 3. The second kappa shape index (κ2) is 10.3. The topological polar surface area (TPSA) is 77.0 Å². The Balaban J connectivity index is 1.62. The number of Topliss-reactive ketones (excluding diaryl/α,β-unsaturated/α-hetero) is 1. The van der Waals surface area contributed by atoms with Crippen LogP contribution in [0.25, 0.3) is 21.8 Å². The van der Waals surface area contributed by atoms with Crippen LogP contribution in [0.15, 0.2) is 95.0 Å². The summed E-state index contributed by atoms with van der Waals surface area (Å²) in [7, 11) is 1.64. The minimum Gasteiger partial charge on any atom is -0.385 e. The molecule has 7 heteroatoms. The summed E-state index contributed by atoms with van der Waals surface area (Å²) in [5, 5.41) is 1.39. The Bertz CT molecular complexity index is 1540. The van der Waals surface area contributed by atoms with E-state index in [2.05, 4.69) is 4.98 Å². The maximum Gasteiger partial charge on any atom is 0.262 e. The predicted octanol–water partition coefficient (Wildman–Crippen LogP) is 5.63. The summed E-state index contributed by atoms with van der Waals surface area (Å²) in [5.74, 6) is -0.0375. The molecule has 2 aromatic heterocycles. The molecule has 0 fully saturated rings. The lowest BCUT2D eigenvalue weighted by molar-refractivity contribution is 0.0991. The summed E-state index contributed by atoms with van der Waals surface area (Å²) < 4.78 is 6.88. The van der Waals surface area contributed by atoms with E-state index in [4.69, 9.17) is 9.72 Å². The molecular weight excluding hydrogens is 458 g/mol. The Morgan fingerprint density at radius 1 is 1.00 bits per heavy atom. The van der Waals surface area contributed by atoms with Gasteiger partial charge in [0.05, 0.1) is 10.9 Å². The van der Waals surface area contributed by atoms with Gasteiger partial charge in [0.1, 0.15) is 5.25 Å². The number of carbonyl (C=O) groups is 1. The largest absolute Gasteiger partial charge is 0.385 e. The molecule has 0 radical (unpaired) electrons. The van der Waals surface area contributed by atoms with Crippen molar-refractivity contribution in [2.45, 2.75) is 23.4 Å². The zero-order valence-electron chi connectivity index (χ0n) is 19.3. The molecule has 5 rings (SSSR count). The Morgan fingerprint density at radius 3 is 2.51 bits per heavy atom. The van der Waals surface area contributed by atoms with Crippen molar-refractivity contribution in [1.29, 1.82) is 0 Å². The molecule has 0 aliphatic heterocycles. The lowest BCUT2D eigenvalue weighted by Crippen LogP contribution is -2.25. The van der Waals surface area contributed by atoms with Gasteiger partial charge in [-0.1, -0.05) is 72.4 Å². The molecule has 0 amide bonds. The van der Waals surface area contributed by atoms with Crippen molar-refractivity contribution in [1.82, 2.24) is 14.5 Å². The minimum atomic E-state index is -0.572. The fourth-order valence-corrected chi connectivity index (χ4v) is 5.42. The average molecular weight is 484 g/mol. The average Bonchev–Trinajstić information content (AvgIpc) is 3.33. The van der Waals surface area contributed by atoms with Gasteiger partial charge >= 0.3 is 0 Å². The van der Waals surface area contributed by atoms with Gasteiger partial charge in [-0.2, -0.15) is 0 Å². The third kappa shape index (κ3) is 4.65. The summed E-state index contributed by atoms with van der Waals surface area (Å²) in [6.07, 6.45) is 2.43. The second-order valence-corrected chi connectivity index (χ2v) is 9.31. The van der Waals surface area contributed by atoms with Gasteiger partial charge in [0, 0.05) is 42.9 Å². The molecule has 176 valence electrons. The van der Waals surface area contributed by atoms with Crippen LogP contribution < -0.4 is 5.56 Å². The molecule has 1 unspecified atom stereocenters. The molecule has 1 atom stereocenters. The van der Waals surface area contributed by atoms with Crippen molar-refractivity contribution in [3.8, 4) is 0 Å². The normalized spacial score (nSPS) is 12.3. The number of rotatable bonds is 9. The number of carbonyl (C=O) groups excluding carboxylic acids is 1. The molecule has 1 N–H and O–H groups in total. The van der Waals surface area contributed by atoms with Crippen LogP contribution >= 0.6 is 11.8 Å². The molecular formula is C28H25N3O3S. The number of H-pyrrole nitrogens is 1. The van der Waals surface area contributed by atoms with Crippen molar-refractivity contribution in [3.05, 3.63) is 107 Å². The van der Waals surface area contributed by atoms with Gasteiger partial charge in [-0.25, -0.2) is 4.98 Å². The smallest absolute Gasteiger partial charge is 0.262 e. The van der Waals surface area contributed by atoms with Crippen molar-refractivity contribution < 1.29 is 9.53 Å². The summed E-state index contributed by atoms with van der Waals surface area (Å²) in [4.78, 5) is 35.4. The lowest BCUT2D eigenvalue weighted by atomic mass is 10.0. The first-order chi connectivity index (χ1) is 17.2. The maximum absolute atomic E-state index is 14.0. The molecule has 0 spiro atoms. The number of aromatic nitrogens is 3. The van der Waals surface area contributed by atoms with E-state index in [-0.39, 0.29) is 11.3 Å². The van der Waals surface area contributed by atoms with Crippen LogP contribution in [0, 0.1) is 0 Å². The number of ether oxygens (including phenoxy) is 1. The first-order valence-electron chi connectivity index (χ1n) is 11.5. The number of nitrogens with one attached hydrogen (secondary N) is 1. The van der Waals surface area contributed by atoms with Crippen LogP contribution in [0.4, 0.5) is 0 Å². The lowest BCUT2D eigenvalue weighted by Gasteiger charge is -2.19. The molecule has 6 nitrogen and oxygen atoms in total. The van der Waals surface area contributed by atoms with Crippen LogP contribution in [0.1, 0.15) is 27.6 Å². The molecule has 0 aliphatic carbocycles. The van der Waals surface area contributed by atoms with Gasteiger partial charge in [-0.3, -0.25) is 14.2 Å². The molecule has 0 aliphatic rings. The number of nitrogens with zero attached hydrogens (tertiary/aromatic N) is 2. The van der Waals surface area contributed by atoms with Gasteiger partial charge < -0.3 is 9.72 Å². The SMILES string of the molecule is COCCCn1c(SC(C(=O)c2c[nH]c3ccccc23)c2ccccc2)nc2ccccc2c1=O. The van der Waals surface area contributed by atoms with E-state index in [1.807, 2.05) is 72.8 Å². The highest BCUT2D eigenvalue weighted by Gasteiger charge is 2.28. The summed E-state index contributed by atoms with van der Waals surface area (Å²) in [5.41, 5.74) is 2.90. The third-order valence-corrected chi connectivity index (χ3v) is 7.22. The van der Waals surface area contributed by atoms with Crippen LogP contribution in [0.5, 0.6) is 0 Å². The zero-order chi connectivity index (χ0) is 24.2.